The number of hydrogen-bond acceptors (Lipinski definition) is 4. The van der Waals surface area contributed by atoms with Gasteiger partial charge in [0.05, 0.1) is 4.88 Å². The maximum Gasteiger partial charge on any atom is 0.123 e. The maximum atomic E-state index is 5.71. The van der Waals surface area contributed by atoms with Gasteiger partial charge in [0.2, 0.25) is 0 Å². The minimum atomic E-state index is 0.600. The molecule has 4 heteroatoms. The Balaban J connectivity index is 1.61. The van der Waals surface area contributed by atoms with Crippen molar-refractivity contribution in [2.45, 2.75) is 26.7 Å². The topological polar surface area (TPSA) is 31.4 Å². The molecule has 1 aromatic heterocycles. The van der Waals surface area contributed by atoms with Gasteiger partial charge in [-0.15, -0.1) is 11.3 Å². The molecule has 0 aliphatic heterocycles. The van der Waals surface area contributed by atoms with Crippen LogP contribution in [-0.2, 0) is 0 Å². The number of rotatable bonds is 10. The molecule has 0 spiro atoms. The predicted molar refractivity (Wildman–Crippen MR) is 123 cm³/mol. The van der Waals surface area contributed by atoms with Crippen LogP contribution in [0.3, 0.4) is 0 Å². The molecule has 2 aromatic carbocycles. The van der Waals surface area contributed by atoms with E-state index < -0.39 is 0 Å². The minimum absolute atomic E-state index is 0.600. The Bertz CT molecular complexity index is 848. The van der Waals surface area contributed by atoms with Crippen LogP contribution >= 0.6 is 11.3 Å². The van der Waals surface area contributed by atoms with Gasteiger partial charge < -0.3 is 9.47 Å². The number of allylic oxidation sites excluding steroid dienone is 2. The van der Waals surface area contributed by atoms with Crippen molar-refractivity contribution in [3.63, 3.8) is 0 Å². The van der Waals surface area contributed by atoms with Gasteiger partial charge >= 0.3 is 0 Å². The quantitative estimate of drug-likeness (QED) is 0.335. The van der Waals surface area contributed by atoms with Crippen molar-refractivity contribution in [1.82, 2.24) is 4.98 Å². The van der Waals surface area contributed by atoms with Crippen LogP contribution < -0.4 is 9.47 Å². The molecule has 1 heterocycles. The van der Waals surface area contributed by atoms with Gasteiger partial charge in [-0.05, 0) is 66.9 Å². The van der Waals surface area contributed by atoms with E-state index in [4.69, 9.17) is 9.47 Å². The van der Waals surface area contributed by atoms with Gasteiger partial charge in [-0.3, -0.25) is 0 Å². The van der Waals surface area contributed by atoms with Gasteiger partial charge in [-0.1, -0.05) is 38.2 Å². The second-order valence-corrected chi connectivity index (χ2v) is 7.49. The molecule has 0 radical (unpaired) electrons. The van der Waals surface area contributed by atoms with Crippen molar-refractivity contribution >= 4 is 11.3 Å². The van der Waals surface area contributed by atoms with Crippen LogP contribution in [0.2, 0.25) is 0 Å². The van der Waals surface area contributed by atoms with Gasteiger partial charge in [0.15, 0.2) is 0 Å². The predicted octanol–water partition coefficient (Wildman–Crippen LogP) is 7.17. The lowest BCUT2D eigenvalue weighted by atomic mass is 10.2. The lowest BCUT2D eigenvalue weighted by Gasteiger charge is -2.04. The van der Waals surface area contributed by atoms with Crippen molar-refractivity contribution in [3.8, 4) is 32.5 Å². The molecule has 150 valence electrons. The Kier molecular flexibility index (Phi) is 8.08. The van der Waals surface area contributed by atoms with Crippen LogP contribution in [0.4, 0.5) is 0 Å². The molecule has 0 atom stereocenters. The zero-order chi connectivity index (χ0) is 20.3. The molecule has 0 unspecified atom stereocenters. The second kappa shape index (κ2) is 11.2. The van der Waals surface area contributed by atoms with Crippen LogP contribution in [0.15, 0.2) is 79.0 Å². The van der Waals surface area contributed by atoms with E-state index in [1.54, 1.807) is 11.3 Å². The Morgan fingerprint density at radius 3 is 1.76 bits per heavy atom. The van der Waals surface area contributed by atoms with Gasteiger partial charge in [0.1, 0.15) is 29.7 Å². The van der Waals surface area contributed by atoms with Gasteiger partial charge in [0.25, 0.3) is 0 Å². The number of benzene rings is 2. The second-order valence-electron chi connectivity index (χ2n) is 6.46. The summed E-state index contributed by atoms with van der Waals surface area (Å²) in [6, 6.07) is 16.3. The molecule has 0 saturated carbocycles. The SMILES string of the molecule is CCC=CCOc1ccc(-c2cnc(-c3ccc(OCC=CCC)cc3)s2)cc1. The smallest absolute Gasteiger partial charge is 0.123 e. The zero-order valence-electron chi connectivity index (χ0n) is 17.0. The molecule has 29 heavy (non-hydrogen) atoms. The third kappa shape index (κ3) is 6.33. The summed E-state index contributed by atoms with van der Waals surface area (Å²) in [6.45, 7) is 5.43. The minimum Gasteiger partial charge on any atom is -0.490 e. The first-order valence-corrected chi connectivity index (χ1v) is 10.8. The van der Waals surface area contributed by atoms with E-state index in [-0.39, 0.29) is 0 Å². The van der Waals surface area contributed by atoms with E-state index in [9.17, 15) is 0 Å². The van der Waals surface area contributed by atoms with E-state index in [0.29, 0.717) is 13.2 Å². The number of nitrogens with zero attached hydrogens (tertiary/aromatic N) is 1. The van der Waals surface area contributed by atoms with Crippen LogP contribution in [0, 0.1) is 0 Å². The molecule has 3 rings (SSSR count). The van der Waals surface area contributed by atoms with E-state index in [0.717, 1.165) is 45.4 Å². The first-order chi connectivity index (χ1) is 14.3. The average Bonchev–Trinajstić information content (AvgIpc) is 3.25. The largest absolute Gasteiger partial charge is 0.490 e. The highest BCUT2D eigenvalue weighted by Gasteiger charge is 2.07. The third-order valence-corrected chi connectivity index (χ3v) is 5.34. The lowest BCUT2D eigenvalue weighted by Crippen LogP contribution is -1.92. The fraction of sp³-hybridized carbons (Fsp3) is 0.240. The van der Waals surface area contributed by atoms with Crippen molar-refractivity contribution < 1.29 is 9.47 Å². The fourth-order valence-corrected chi connectivity index (χ4v) is 3.64. The van der Waals surface area contributed by atoms with E-state index >= 15 is 0 Å². The highest BCUT2D eigenvalue weighted by Crippen LogP contribution is 2.33. The highest BCUT2D eigenvalue weighted by atomic mass is 32.1. The standard InChI is InChI=1S/C25H27NO2S/c1-3-5-7-17-27-22-13-9-20(10-14-22)24-19-26-25(29-24)21-11-15-23(16-12-21)28-18-8-6-4-2/h5-16,19H,3-4,17-18H2,1-2H3. The molecule has 3 aromatic rings. The summed E-state index contributed by atoms with van der Waals surface area (Å²) in [5, 5.41) is 1.00. The molecule has 0 aliphatic rings. The molecule has 3 nitrogen and oxygen atoms in total. The van der Waals surface area contributed by atoms with Gasteiger partial charge in [-0.25, -0.2) is 4.98 Å². The van der Waals surface area contributed by atoms with Crippen LogP contribution in [0.5, 0.6) is 11.5 Å². The first kappa shape index (κ1) is 20.9. The number of aromatic nitrogens is 1. The van der Waals surface area contributed by atoms with Crippen LogP contribution in [-0.4, -0.2) is 18.2 Å². The summed E-state index contributed by atoms with van der Waals surface area (Å²) in [5.41, 5.74) is 2.24. The van der Waals surface area contributed by atoms with Gasteiger partial charge in [-0.2, -0.15) is 0 Å². The monoisotopic (exact) mass is 405 g/mol. The van der Waals surface area contributed by atoms with Crippen molar-refractivity contribution in [2.75, 3.05) is 13.2 Å². The molecule has 0 saturated heterocycles. The van der Waals surface area contributed by atoms with E-state index in [1.165, 1.54) is 0 Å². The normalized spacial score (nSPS) is 11.4. The number of thiazole rings is 1. The molecule has 0 fully saturated rings. The van der Waals surface area contributed by atoms with E-state index in [2.05, 4.69) is 55.2 Å². The number of ether oxygens (including phenoxy) is 2. The molecular formula is C25H27NO2S. The third-order valence-electron chi connectivity index (χ3n) is 4.24. The van der Waals surface area contributed by atoms with Crippen molar-refractivity contribution in [2.24, 2.45) is 0 Å². The Morgan fingerprint density at radius 1 is 0.724 bits per heavy atom. The van der Waals surface area contributed by atoms with Crippen molar-refractivity contribution in [3.05, 3.63) is 79.0 Å². The summed E-state index contributed by atoms with van der Waals surface area (Å²) in [4.78, 5) is 5.74. The zero-order valence-corrected chi connectivity index (χ0v) is 17.8. The molecule has 0 N–H and O–H groups in total. The molecule has 0 bridgehead atoms. The average molecular weight is 406 g/mol. The Morgan fingerprint density at radius 2 is 1.24 bits per heavy atom. The molecule has 0 amide bonds. The fourth-order valence-electron chi connectivity index (χ4n) is 2.71. The maximum absolute atomic E-state index is 5.71. The summed E-state index contributed by atoms with van der Waals surface area (Å²) >= 11 is 1.68. The summed E-state index contributed by atoms with van der Waals surface area (Å²) in [6.07, 6.45) is 12.3. The van der Waals surface area contributed by atoms with Crippen molar-refractivity contribution in [1.29, 1.82) is 0 Å². The Hall–Kier alpha value is -2.85. The lowest BCUT2D eigenvalue weighted by molar-refractivity contribution is 0.362. The summed E-state index contributed by atoms with van der Waals surface area (Å²) in [7, 11) is 0. The molecular weight excluding hydrogens is 378 g/mol. The summed E-state index contributed by atoms with van der Waals surface area (Å²) in [5.74, 6) is 1.75. The Labute approximate surface area is 177 Å². The van der Waals surface area contributed by atoms with Crippen LogP contribution in [0.25, 0.3) is 21.0 Å². The highest BCUT2D eigenvalue weighted by molar-refractivity contribution is 7.18. The first-order valence-electron chi connectivity index (χ1n) is 10.0. The van der Waals surface area contributed by atoms with E-state index in [1.807, 2.05) is 42.6 Å². The molecule has 0 aliphatic carbocycles. The van der Waals surface area contributed by atoms with Gasteiger partial charge in [0, 0.05) is 11.8 Å². The number of hydrogen-bond donors (Lipinski definition) is 0. The summed E-state index contributed by atoms with van der Waals surface area (Å²) < 4.78 is 11.4. The van der Waals surface area contributed by atoms with Crippen LogP contribution in [0.1, 0.15) is 26.7 Å².